The molecule has 2 aromatic carbocycles. The van der Waals surface area contributed by atoms with Crippen LogP contribution < -0.4 is 0 Å². The first-order valence-electron chi connectivity index (χ1n) is 9.55. The molecule has 0 aliphatic carbocycles. The number of pyridine rings is 1. The van der Waals surface area contributed by atoms with Crippen LogP contribution in [-0.2, 0) is 11.3 Å². The van der Waals surface area contributed by atoms with Crippen LogP contribution in [0.25, 0.3) is 33.3 Å². The number of nitrogens with one attached hydrogen (secondary N) is 1. The molecule has 0 saturated carbocycles. The van der Waals surface area contributed by atoms with Crippen molar-refractivity contribution >= 4 is 16.9 Å². The smallest absolute Gasteiger partial charge is 0.253 e. The topological polar surface area (TPSA) is 58.2 Å². The Morgan fingerprint density at radius 1 is 1.10 bits per heavy atom. The third kappa shape index (κ3) is 3.69. The molecule has 0 spiro atoms. The fraction of sp³-hybridized carbons (Fsp3) is 0.167. The number of halogens is 1. The second-order valence-corrected chi connectivity index (χ2v) is 7.34. The molecular weight excluding hydrogens is 381 g/mol. The summed E-state index contributed by atoms with van der Waals surface area (Å²) in [7, 11) is 4.95. The number of ether oxygens (including phenoxy) is 1. The number of hydrogen-bond acceptors (Lipinski definition) is 3. The SMILES string of the molecule is COCc1ccccc1-c1c[nH]c2ncc(-c3cc(F)cc(C(=O)N(C)C)c3)cc12. The fourth-order valence-corrected chi connectivity index (χ4v) is 3.59. The summed E-state index contributed by atoms with van der Waals surface area (Å²) in [6.07, 6.45) is 3.60. The number of carbonyl (C=O) groups is 1. The molecule has 0 aliphatic rings. The number of nitrogens with zero attached hydrogens (tertiary/aromatic N) is 2. The van der Waals surface area contributed by atoms with Crippen molar-refractivity contribution in [3.63, 3.8) is 0 Å². The van der Waals surface area contributed by atoms with Crippen molar-refractivity contribution in [1.82, 2.24) is 14.9 Å². The van der Waals surface area contributed by atoms with Crippen molar-refractivity contribution in [1.29, 1.82) is 0 Å². The molecule has 0 fully saturated rings. The lowest BCUT2D eigenvalue weighted by molar-refractivity contribution is 0.0827. The highest BCUT2D eigenvalue weighted by molar-refractivity contribution is 5.98. The Balaban J connectivity index is 1.84. The molecule has 30 heavy (non-hydrogen) atoms. The lowest BCUT2D eigenvalue weighted by atomic mass is 9.98. The van der Waals surface area contributed by atoms with Gasteiger partial charge in [0.15, 0.2) is 0 Å². The van der Waals surface area contributed by atoms with E-state index in [4.69, 9.17) is 4.74 Å². The van der Waals surface area contributed by atoms with E-state index in [1.807, 2.05) is 36.5 Å². The van der Waals surface area contributed by atoms with Crippen LogP contribution in [0.1, 0.15) is 15.9 Å². The Labute approximate surface area is 174 Å². The fourth-order valence-electron chi connectivity index (χ4n) is 3.59. The largest absolute Gasteiger partial charge is 0.380 e. The summed E-state index contributed by atoms with van der Waals surface area (Å²) in [6, 6.07) is 14.4. The summed E-state index contributed by atoms with van der Waals surface area (Å²) in [4.78, 5) is 21.5. The molecule has 2 heterocycles. The quantitative estimate of drug-likeness (QED) is 0.516. The average Bonchev–Trinajstić information content (AvgIpc) is 3.16. The van der Waals surface area contributed by atoms with Gasteiger partial charge in [0.25, 0.3) is 5.91 Å². The Morgan fingerprint density at radius 3 is 2.67 bits per heavy atom. The van der Waals surface area contributed by atoms with E-state index in [1.54, 1.807) is 33.5 Å². The zero-order chi connectivity index (χ0) is 21.3. The highest BCUT2D eigenvalue weighted by Gasteiger charge is 2.15. The van der Waals surface area contributed by atoms with Crippen LogP contribution in [0.3, 0.4) is 0 Å². The summed E-state index contributed by atoms with van der Waals surface area (Å²) < 4.78 is 19.6. The molecule has 4 aromatic rings. The van der Waals surface area contributed by atoms with Crippen LogP contribution in [0.15, 0.2) is 60.9 Å². The first kappa shape index (κ1) is 19.8. The van der Waals surface area contributed by atoms with Gasteiger partial charge in [0, 0.05) is 55.7 Å². The first-order valence-corrected chi connectivity index (χ1v) is 9.55. The maximum absolute atomic E-state index is 14.3. The zero-order valence-electron chi connectivity index (χ0n) is 17.1. The lowest BCUT2D eigenvalue weighted by Crippen LogP contribution is -2.21. The van der Waals surface area contributed by atoms with E-state index < -0.39 is 5.82 Å². The molecule has 152 valence electrons. The van der Waals surface area contributed by atoms with Crippen LogP contribution in [0.2, 0.25) is 0 Å². The Morgan fingerprint density at radius 2 is 1.90 bits per heavy atom. The summed E-state index contributed by atoms with van der Waals surface area (Å²) in [5, 5.41) is 0.917. The molecule has 0 atom stereocenters. The van der Waals surface area contributed by atoms with Gasteiger partial charge in [-0.2, -0.15) is 0 Å². The molecule has 5 nitrogen and oxygen atoms in total. The van der Waals surface area contributed by atoms with Crippen molar-refractivity contribution in [2.75, 3.05) is 21.2 Å². The van der Waals surface area contributed by atoms with Gasteiger partial charge in [0.1, 0.15) is 11.5 Å². The monoisotopic (exact) mass is 403 g/mol. The van der Waals surface area contributed by atoms with E-state index in [9.17, 15) is 9.18 Å². The molecule has 4 rings (SSSR count). The Kier molecular flexibility index (Phi) is 5.33. The molecule has 0 aliphatic heterocycles. The van der Waals surface area contributed by atoms with E-state index in [0.717, 1.165) is 33.3 Å². The molecule has 1 N–H and O–H groups in total. The second kappa shape index (κ2) is 8.08. The minimum absolute atomic E-state index is 0.249. The van der Waals surface area contributed by atoms with Crippen LogP contribution in [0, 0.1) is 5.82 Å². The van der Waals surface area contributed by atoms with Gasteiger partial charge in [0.05, 0.1) is 6.61 Å². The normalized spacial score (nSPS) is 11.1. The molecule has 0 saturated heterocycles. The summed E-state index contributed by atoms with van der Waals surface area (Å²) in [5.74, 6) is -0.710. The van der Waals surface area contributed by atoms with Gasteiger partial charge in [0.2, 0.25) is 0 Å². The number of hydrogen-bond donors (Lipinski definition) is 1. The van der Waals surface area contributed by atoms with Gasteiger partial charge in [-0.1, -0.05) is 24.3 Å². The number of carbonyl (C=O) groups excluding carboxylic acids is 1. The zero-order valence-corrected chi connectivity index (χ0v) is 17.1. The van der Waals surface area contributed by atoms with Gasteiger partial charge in [-0.3, -0.25) is 4.79 Å². The van der Waals surface area contributed by atoms with Gasteiger partial charge in [-0.25, -0.2) is 9.37 Å². The van der Waals surface area contributed by atoms with Gasteiger partial charge >= 0.3 is 0 Å². The summed E-state index contributed by atoms with van der Waals surface area (Å²) in [6.45, 7) is 0.496. The lowest BCUT2D eigenvalue weighted by Gasteiger charge is -2.12. The van der Waals surface area contributed by atoms with Crippen LogP contribution in [-0.4, -0.2) is 42.0 Å². The van der Waals surface area contributed by atoms with E-state index in [0.29, 0.717) is 17.7 Å². The molecule has 0 bridgehead atoms. The predicted octanol–water partition coefficient (Wildman–Crippen LogP) is 4.88. The van der Waals surface area contributed by atoms with Crippen molar-refractivity contribution < 1.29 is 13.9 Å². The van der Waals surface area contributed by atoms with E-state index in [1.165, 1.54) is 17.0 Å². The standard InChI is InChI=1S/C24H22FN3O2/c1-28(2)24(29)17-8-16(9-19(25)10-17)18-11-21-22(13-27-23(21)26-12-18)20-7-5-4-6-15(20)14-30-3/h4-13H,14H2,1-3H3,(H,26,27). The number of methoxy groups -OCH3 is 1. The van der Waals surface area contributed by atoms with Crippen molar-refractivity contribution in [2.45, 2.75) is 6.61 Å². The van der Waals surface area contributed by atoms with Crippen LogP contribution >= 0.6 is 0 Å². The average molecular weight is 403 g/mol. The van der Waals surface area contributed by atoms with Gasteiger partial charge in [-0.05, 0) is 41.0 Å². The molecule has 1 amide bonds. The van der Waals surface area contributed by atoms with Crippen LogP contribution in [0.4, 0.5) is 4.39 Å². The number of aromatic nitrogens is 2. The van der Waals surface area contributed by atoms with Gasteiger partial charge < -0.3 is 14.6 Å². The maximum atomic E-state index is 14.3. The van der Waals surface area contributed by atoms with Crippen molar-refractivity contribution in [2.24, 2.45) is 0 Å². The van der Waals surface area contributed by atoms with Crippen molar-refractivity contribution in [3.05, 3.63) is 77.9 Å². The molecule has 0 unspecified atom stereocenters. The second-order valence-electron chi connectivity index (χ2n) is 7.34. The molecular formula is C24H22FN3O2. The van der Waals surface area contributed by atoms with E-state index >= 15 is 0 Å². The van der Waals surface area contributed by atoms with Crippen molar-refractivity contribution in [3.8, 4) is 22.3 Å². The van der Waals surface area contributed by atoms with E-state index in [2.05, 4.69) is 9.97 Å². The van der Waals surface area contributed by atoms with Crippen LogP contribution in [0.5, 0.6) is 0 Å². The third-order valence-corrected chi connectivity index (χ3v) is 5.02. The number of aromatic amines is 1. The summed E-state index contributed by atoms with van der Waals surface area (Å²) in [5.41, 5.74) is 5.49. The highest BCUT2D eigenvalue weighted by atomic mass is 19.1. The maximum Gasteiger partial charge on any atom is 0.253 e. The third-order valence-electron chi connectivity index (χ3n) is 5.02. The number of fused-ring (bicyclic) bond motifs is 1. The Bertz CT molecular complexity index is 1230. The Hall–Kier alpha value is -3.51. The predicted molar refractivity (Wildman–Crippen MR) is 116 cm³/mol. The van der Waals surface area contributed by atoms with Gasteiger partial charge in [-0.15, -0.1) is 0 Å². The summed E-state index contributed by atoms with van der Waals surface area (Å²) >= 11 is 0. The minimum atomic E-state index is -0.461. The minimum Gasteiger partial charge on any atom is -0.380 e. The number of amides is 1. The molecule has 0 radical (unpaired) electrons. The highest BCUT2D eigenvalue weighted by Crippen LogP contribution is 2.33. The number of H-pyrrole nitrogens is 1. The number of benzene rings is 2. The first-order chi connectivity index (χ1) is 14.5. The molecule has 2 aromatic heterocycles. The number of rotatable bonds is 5. The molecule has 6 heteroatoms. The van der Waals surface area contributed by atoms with E-state index in [-0.39, 0.29) is 5.91 Å².